The van der Waals surface area contributed by atoms with Crippen LogP contribution in [0, 0.1) is 10.1 Å². The number of nitrogens with zero attached hydrogens (tertiary/aromatic N) is 1. The number of hydrogen-bond donors (Lipinski definition) is 0. The van der Waals surface area contributed by atoms with Crippen LogP contribution in [0.1, 0.15) is 16.3 Å². The van der Waals surface area contributed by atoms with E-state index in [4.69, 9.17) is 20.8 Å². The van der Waals surface area contributed by atoms with E-state index in [0.717, 1.165) is 0 Å². The third kappa shape index (κ3) is 3.07. The van der Waals surface area contributed by atoms with Crippen molar-refractivity contribution in [1.29, 1.82) is 0 Å². The molecule has 0 N–H and O–H groups in total. The Kier molecular flexibility index (Phi) is 3.90. The molecule has 2 aromatic rings. The quantitative estimate of drug-likeness (QED) is 0.615. The molecule has 0 saturated heterocycles. The molecule has 0 amide bonds. The van der Waals surface area contributed by atoms with Crippen molar-refractivity contribution in [3.63, 3.8) is 0 Å². The van der Waals surface area contributed by atoms with E-state index in [9.17, 15) is 20.0 Å². The van der Waals surface area contributed by atoms with Gasteiger partial charge in [0.15, 0.2) is 0 Å². The van der Waals surface area contributed by atoms with Gasteiger partial charge in [0.25, 0.3) is 5.69 Å². The second-order valence-corrected chi connectivity index (χ2v) is 4.12. The smallest absolute Gasteiger partial charge is 0.273 e. The number of rotatable bonds is 5. The van der Waals surface area contributed by atoms with Crippen molar-refractivity contribution >= 4 is 23.3 Å². The number of carboxylic acids is 1. The molecule has 8 heteroatoms. The number of hydrogen-bond acceptors (Lipinski definition) is 6. The maximum absolute atomic E-state index is 10.6. The van der Waals surface area contributed by atoms with Crippen LogP contribution in [0.5, 0.6) is 5.75 Å². The van der Waals surface area contributed by atoms with Crippen molar-refractivity contribution in [2.75, 3.05) is 0 Å². The first-order valence-corrected chi connectivity index (χ1v) is 5.72. The lowest BCUT2D eigenvalue weighted by molar-refractivity contribution is -0.384. The number of carbonyl (C=O) groups excluding carboxylic acids is 1. The van der Waals surface area contributed by atoms with Crippen LogP contribution in [0.25, 0.3) is 0 Å². The predicted octanol–water partition coefficient (Wildman–Crippen LogP) is 1.78. The number of halogens is 1. The molecule has 0 atom stereocenters. The summed E-state index contributed by atoms with van der Waals surface area (Å²) in [4.78, 5) is 20.6. The number of ether oxygens (including phenoxy) is 1. The molecule has 0 unspecified atom stereocenters. The van der Waals surface area contributed by atoms with Gasteiger partial charge in [-0.3, -0.25) is 10.1 Å². The molecule has 0 bridgehead atoms. The minimum atomic E-state index is -1.44. The van der Waals surface area contributed by atoms with Crippen molar-refractivity contribution in [3.8, 4) is 5.75 Å². The number of nitro benzene ring substituents is 1. The van der Waals surface area contributed by atoms with E-state index < -0.39 is 10.9 Å². The lowest BCUT2D eigenvalue weighted by Crippen LogP contribution is -2.21. The number of aromatic carboxylic acids is 1. The van der Waals surface area contributed by atoms with Crippen molar-refractivity contribution < 1.29 is 24.0 Å². The van der Waals surface area contributed by atoms with E-state index in [0.29, 0.717) is 0 Å². The Morgan fingerprint density at radius 3 is 2.70 bits per heavy atom. The number of carbonyl (C=O) groups is 1. The first-order valence-electron chi connectivity index (χ1n) is 5.34. The Labute approximate surface area is 117 Å². The zero-order valence-electron chi connectivity index (χ0n) is 9.87. The SMILES string of the molecule is O=C([O-])c1ccc(COc2cc([N+](=O)[O-])ccc2Cl)o1. The molecule has 0 radical (unpaired) electrons. The molecule has 7 nitrogen and oxygen atoms in total. The van der Waals surface area contributed by atoms with Gasteiger partial charge in [0, 0.05) is 6.07 Å². The Bertz CT molecular complexity index is 666. The molecule has 0 aliphatic rings. The van der Waals surface area contributed by atoms with Crippen LogP contribution in [0.15, 0.2) is 34.7 Å². The van der Waals surface area contributed by atoms with E-state index in [1.165, 1.54) is 30.3 Å². The first-order chi connectivity index (χ1) is 9.47. The summed E-state index contributed by atoms with van der Waals surface area (Å²) in [5, 5.41) is 21.4. The van der Waals surface area contributed by atoms with Gasteiger partial charge in [-0.25, -0.2) is 0 Å². The van der Waals surface area contributed by atoms with Crippen molar-refractivity contribution in [2.24, 2.45) is 0 Å². The minimum absolute atomic E-state index is 0.104. The highest BCUT2D eigenvalue weighted by Gasteiger charge is 2.11. The van der Waals surface area contributed by atoms with Gasteiger partial charge in [-0.1, -0.05) is 11.6 Å². The lowest BCUT2D eigenvalue weighted by atomic mass is 10.3. The van der Waals surface area contributed by atoms with Crippen LogP contribution >= 0.6 is 11.6 Å². The van der Waals surface area contributed by atoms with E-state index in [1.54, 1.807) is 0 Å². The van der Waals surface area contributed by atoms with Gasteiger partial charge in [0.05, 0.1) is 16.0 Å². The average molecular weight is 297 g/mol. The fraction of sp³-hybridized carbons (Fsp3) is 0.0833. The van der Waals surface area contributed by atoms with Crippen molar-refractivity contribution in [2.45, 2.75) is 6.61 Å². The number of benzene rings is 1. The number of nitro groups is 1. The molecule has 1 aromatic heterocycles. The van der Waals surface area contributed by atoms with E-state index in [-0.39, 0.29) is 34.6 Å². The zero-order valence-corrected chi connectivity index (χ0v) is 10.6. The molecule has 0 aliphatic heterocycles. The van der Waals surface area contributed by atoms with Gasteiger partial charge < -0.3 is 19.1 Å². The Morgan fingerprint density at radius 1 is 1.35 bits per heavy atom. The van der Waals surface area contributed by atoms with Gasteiger partial charge in [0.1, 0.15) is 29.8 Å². The average Bonchev–Trinajstić information content (AvgIpc) is 2.86. The molecule has 104 valence electrons. The maximum Gasteiger partial charge on any atom is 0.273 e. The van der Waals surface area contributed by atoms with Crippen molar-refractivity contribution in [3.05, 3.63) is 57.0 Å². The minimum Gasteiger partial charge on any atom is -0.542 e. The van der Waals surface area contributed by atoms with Crippen LogP contribution < -0.4 is 9.84 Å². The van der Waals surface area contributed by atoms with Crippen LogP contribution in [0.2, 0.25) is 5.02 Å². The highest BCUT2D eigenvalue weighted by atomic mass is 35.5. The summed E-state index contributed by atoms with van der Waals surface area (Å²) in [5.74, 6) is -1.43. The third-order valence-electron chi connectivity index (χ3n) is 2.36. The third-order valence-corrected chi connectivity index (χ3v) is 2.67. The first kappa shape index (κ1) is 13.9. The summed E-state index contributed by atoms with van der Waals surface area (Å²) in [6, 6.07) is 6.38. The zero-order chi connectivity index (χ0) is 14.7. The van der Waals surface area contributed by atoms with Gasteiger partial charge >= 0.3 is 0 Å². The van der Waals surface area contributed by atoms with Gasteiger partial charge in [0.2, 0.25) is 0 Å². The van der Waals surface area contributed by atoms with E-state index in [2.05, 4.69) is 0 Å². The molecule has 20 heavy (non-hydrogen) atoms. The Balaban J connectivity index is 2.11. The number of carboxylic acid groups (broad SMARTS) is 1. The summed E-state index contributed by atoms with van der Waals surface area (Å²) in [5.41, 5.74) is -0.167. The van der Waals surface area contributed by atoms with Crippen LogP contribution in [0.3, 0.4) is 0 Å². The standard InChI is InChI=1S/C12H8ClNO6/c13-9-3-1-7(14(17)18)5-11(9)19-6-8-2-4-10(20-8)12(15)16/h1-5H,6H2,(H,15,16)/p-1. The molecule has 0 aliphatic carbocycles. The largest absolute Gasteiger partial charge is 0.542 e. The maximum atomic E-state index is 10.6. The summed E-state index contributed by atoms with van der Waals surface area (Å²) in [7, 11) is 0. The highest BCUT2D eigenvalue weighted by molar-refractivity contribution is 6.32. The molecule has 0 fully saturated rings. The van der Waals surface area contributed by atoms with Gasteiger partial charge in [-0.05, 0) is 18.2 Å². The van der Waals surface area contributed by atoms with Gasteiger partial charge in [-0.2, -0.15) is 0 Å². The van der Waals surface area contributed by atoms with Crippen molar-refractivity contribution in [1.82, 2.24) is 0 Å². The lowest BCUT2D eigenvalue weighted by Gasteiger charge is -2.06. The molecule has 0 saturated carbocycles. The summed E-state index contributed by atoms with van der Waals surface area (Å²) < 4.78 is 10.2. The van der Waals surface area contributed by atoms with Crippen LogP contribution in [0.4, 0.5) is 5.69 Å². The Hall–Kier alpha value is -2.54. The monoisotopic (exact) mass is 296 g/mol. The number of non-ortho nitro benzene ring substituents is 1. The van der Waals surface area contributed by atoms with Crippen LogP contribution in [-0.4, -0.2) is 10.9 Å². The second kappa shape index (κ2) is 5.62. The summed E-state index contributed by atoms with van der Waals surface area (Å²) >= 11 is 5.84. The molecule has 1 aromatic carbocycles. The highest BCUT2D eigenvalue weighted by Crippen LogP contribution is 2.29. The fourth-order valence-corrected chi connectivity index (χ4v) is 1.60. The summed E-state index contributed by atoms with van der Waals surface area (Å²) in [6.45, 7) is -0.117. The second-order valence-electron chi connectivity index (χ2n) is 3.71. The summed E-state index contributed by atoms with van der Waals surface area (Å²) in [6.07, 6.45) is 0. The molecular weight excluding hydrogens is 290 g/mol. The predicted molar refractivity (Wildman–Crippen MR) is 65.5 cm³/mol. The fourth-order valence-electron chi connectivity index (χ4n) is 1.43. The van der Waals surface area contributed by atoms with Gasteiger partial charge in [-0.15, -0.1) is 0 Å². The molecule has 1 heterocycles. The van der Waals surface area contributed by atoms with E-state index >= 15 is 0 Å². The normalized spacial score (nSPS) is 10.2. The Morgan fingerprint density at radius 2 is 2.10 bits per heavy atom. The van der Waals surface area contributed by atoms with Crippen LogP contribution in [-0.2, 0) is 6.61 Å². The molecule has 2 rings (SSSR count). The van der Waals surface area contributed by atoms with E-state index in [1.807, 2.05) is 0 Å². The topological polar surface area (TPSA) is 106 Å². The number of furan rings is 1. The molecule has 0 spiro atoms. The molecular formula is C12H7ClNO6-.